The van der Waals surface area contributed by atoms with Crippen LogP contribution in [-0.4, -0.2) is 44.2 Å². The first-order chi connectivity index (χ1) is 10.8. The lowest BCUT2D eigenvalue weighted by atomic mass is 10.2. The predicted octanol–water partition coefficient (Wildman–Crippen LogP) is 1.66. The van der Waals surface area contributed by atoms with E-state index in [1.165, 1.54) is 0 Å². The van der Waals surface area contributed by atoms with Gasteiger partial charge in [-0.1, -0.05) is 0 Å². The van der Waals surface area contributed by atoms with Gasteiger partial charge in [0.1, 0.15) is 5.82 Å². The molecule has 1 aliphatic heterocycles. The number of aromatic nitrogens is 4. The van der Waals surface area contributed by atoms with Crippen molar-refractivity contribution >= 4 is 16.7 Å². The van der Waals surface area contributed by atoms with Gasteiger partial charge in [0.25, 0.3) is 0 Å². The maximum absolute atomic E-state index is 9.81. The highest BCUT2D eigenvalue weighted by Crippen LogP contribution is 2.29. The average Bonchev–Trinajstić information content (AvgIpc) is 3.01. The molecule has 110 valence electrons. The summed E-state index contributed by atoms with van der Waals surface area (Å²) < 4.78 is 0. The number of aliphatic hydroxyl groups excluding tert-OH is 1. The van der Waals surface area contributed by atoms with E-state index in [0.29, 0.717) is 12.4 Å². The topological polar surface area (TPSA) is 75.0 Å². The molecular weight excluding hydrogens is 278 g/mol. The standard InChI is InChI=1S/C16H15N5O/c22-12-4-8-21(10-12)16-13-3-7-18-9-14(13)19-15(20-16)11-1-5-17-6-2-11/h1-3,5-7,9,12,22H,4,8,10H2. The maximum Gasteiger partial charge on any atom is 0.162 e. The molecule has 0 aliphatic carbocycles. The van der Waals surface area contributed by atoms with E-state index in [0.717, 1.165) is 35.2 Å². The Morgan fingerprint density at radius 2 is 1.86 bits per heavy atom. The molecule has 0 saturated carbocycles. The lowest BCUT2D eigenvalue weighted by molar-refractivity contribution is 0.198. The number of nitrogens with zero attached hydrogens (tertiary/aromatic N) is 5. The predicted molar refractivity (Wildman–Crippen MR) is 83.4 cm³/mol. The van der Waals surface area contributed by atoms with Gasteiger partial charge in [-0.05, 0) is 24.6 Å². The summed E-state index contributed by atoms with van der Waals surface area (Å²) in [5.41, 5.74) is 1.72. The van der Waals surface area contributed by atoms with E-state index in [4.69, 9.17) is 4.98 Å². The van der Waals surface area contributed by atoms with Gasteiger partial charge >= 0.3 is 0 Å². The minimum atomic E-state index is -0.295. The maximum atomic E-state index is 9.81. The van der Waals surface area contributed by atoms with Crippen molar-refractivity contribution in [1.82, 2.24) is 19.9 Å². The lowest BCUT2D eigenvalue weighted by Crippen LogP contribution is -2.23. The Hall–Kier alpha value is -2.60. The molecule has 22 heavy (non-hydrogen) atoms. The van der Waals surface area contributed by atoms with Gasteiger partial charge in [0.05, 0.1) is 17.8 Å². The molecule has 1 unspecified atom stereocenters. The molecule has 3 aromatic rings. The van der Waals surface area contributed by atoms with Crippen LogP contribution in [0.4, 0.5) is 5.82 Å². The van der Waals surface area contributed by atoms with Gasteiger partial charge in [-0.3, -0.25) is 9.97 Å². The van der Waals surface area contributed by atoms with Crippen molar-refractivity contribution in [1.29, 1.82) is 0 Å². The molecule has 1 saturated heterocycles. The largest absolute Gasteiger partial charge is 0.391 e. The molecule has 0 spiro atoms. The van der Waals surface area contributed by atoms with E-state index in [-0.39, 0.29) is 6.10 Å². The number of β-amino-alcohol motifs (C(OH)–C–C–N with tert-alkyl or cyclic N) is 1. The van der Waals surface area contributed by atoms with E-state index in [2.05, 4.69) is 19.9 Å². The van der Waals surface area contributed by atoms with Crippen LogP contribution >= 0.6 is 0 Å². The molecule has 6 nitrogen and oxygen atoms in total. The fraction of sp³-hybridized carbons (Fsp3) is 0.250. The molecule has 4 heterocycles. The number of pyridine rings is 2. The van der Waals surface area contributed by atoms with Crippen molar-refractivity contribution in [3.05, 3.63) is 43.0 Å². The van der Waals surface area contributed by atoms with E-state index < -0.39 is 0 Å². The molecule has 1 atom stereocenters. The Labute approximate surface area is 127 Å². The molecule has 0 aromatic carbocycles. The highest BCUT2D eigenvalue weighted by atomic mass is 16.3. The summed E-state index contributed by atoms with van der Waals surface area (Å²) in [6.45, 7) is 1.40. The van der Waals surface area contributed by atoms with Crippen molar-refractivity contribution < 1.29 is 5.11 Å². The number of hydrogen-bond donors (Lipinski definition) is 1. The number of hydrogen-bond acceptors (Lipinski definition) is 6. The third kappa shape index (κ3) is 2.27. The summed E-state index contributed by atoms with van der Waals surface area (Å²) in [6.07, 6.45) is 7.42. The molecule has 0 radical (unpaired) electrons. The van der Waals surface area contributed by atoms with E-state index in [1.54, 1.807) is 24.8 Å². The summed E-state index contributed by atoms with van der Waals surface area (Å²) in [7, 11) is 0. The Morgan fingerprint density at radius 3 is 2.64 bits per heavy atom. The van der Waals surface area contributed by atoms with Crippen molar-refractivity contribution in [3.8, 4) is 11.4 Å². The molecule has 0 amide bonds. The number of anilines is 1. The van der Waals surface area contributed by atoms with Gasteiger partial charge in [0, 0.05) is 42.6 Å². The normalized spacial score (nSPS) is 18.0. The quantitative estimate of drug-likeness (QED) is 0.774. The third-order valence-electron chi connectivity index (χ3n) is 3.88. The average molecular weight is 293 g/mol. The molecular formula is C16H15N5O. The molecule has 1 fully saturated rings. The van der Waals surface area contributed by atoms with Gasteiger partial charge in [0.15, 0.2) is 5.82 Å². The van der Waals surface area contributed by atoms with E-state index in [1.807, 2.05) is 18.2 Å². The Kier molecular flexibility index (Phi) is 3.16. The van der Waals surface area contributed by atoms with Crippen molar-refractivity contribution in [2.75, 3.05) is 18.0 Å². The number of rotatable bonds is 2. The van der Waals surface area contributed by atoms with E-state index >= 15 is 0 Å². The second-order valence-electron chi connectivity index (χ2n) is 5.39. The first-order valence-electron chi connectivity index (χ1n) is 7.26. The van der Waals surface area contributed by atoms with Crippen LogP contribution in [0.25, 0.3) is 22.3 Å². The van der Waals surface area contributed by atoms with Crippen molar-refractivity contribution in [2.24, 2.45) is 0 Å². The van der Waals surface area contributed by atoms with Crippen LogP contribution in [0, 0.1) is 0 Å². The fourth-order valence-corrected chi connectivity index (χ4v) is 2.77. The second-order valence-corrected chi connectivity index (χ2v) is 5.39. The highest BCUT2D eigenvalue weighted by Gasteiger charge is 2.24. The highest BCUT2D eigenvalue weighted by molar-refractivity contribution is 5.90. The molecule has 0 bridgehead atoms. The minimum absolute atomic E-state index is 0.295. The summed E-state index contributed by atoms with van der Waals surface area (Å²) in [5.74, 6) is 1.51. The number of aliphatic hydroxyl groups is 1. The molecule has 3 aromatic heterocycles. The van der Waals surface area contributed by atoms with Crippen LogP contribution in [0.15, 0.2) is 43.0 Å². The summed E-state index contributed by atoms with van der Waals surface area (Å²) in [6, 6.07) is 5.70. The third-order valence-corrected chi connectivity index (χ3v) is 3.88. The minimum Gasteiger partial charge on any atom is -0.391 e. The first kappa shape index (κ1) is 13.1. The van der Waals surface area contributed by atoms with E-state index in [9.17, 15) is 5.11 Å². The summed E-state index contributed by atoms with van der Waals surface area (Å²) >= 11 is 0. The smallest absolute Gasteiger partial charge is 0.162 e. The van der Waals surface area contributed by atoms with Crippen LogP contribution in [0.2, 0.25) is 0 Å². The molecule has 4 rings (SSSR count). The molecule has 1 N–H and O–H groups in total. The first-order valence-corrected chi connectivity index (χ1v) is 7.26. The van der Waals surface area contributed by atoms with Crippen LogP contribution < -0.4 is 4.90 Å². The Morgan fingerprint density at radius 1 is 1.05 bits per heavy atom. The van der Waals surface area contributed by atoms with Gasteiger partial charge in [0.2, 0.25) is 0 Å². The van der Waals surface area contributed by atoms with Crippen molar-refractivity contribution in [3.63, 3.8) is 0 Å². The fourth-order valence-electron chi connectivity index (χ4n) is 2.77. The van der Waals surface area contributed by atoms with Gasteiger partial charge in [-0.2, -0.15) is 0 Å². The van der Waals surface area contributed by atoms with Crippen LogP contribution in [0.5, 0.6) is 0 Å². The van der Waals surface area contributed by atoms with Gasteiger partial charge in [-0.25, -0.2) is 9.97 Å². The SMILES string of the molecule is OC1CCN(c2nc(-c3ccncc3)nc3cnccc23)C1. The monoisotopic (exact) mass is 293 g/mol. The van der Waals surface area contributed by atoms with Crippen LogP contribution in [-0.2, 0) is 0 Å². The Bertz CT molecular complexity index is 808. The van der Waals surface area contributed by atoms with Gasteiger partial charge < -0.3 is 10.0 Å². The number of fused-ring (bicyclic) bond motifs is 1. The zero-order valence-electron chi connectivity index (χ0n) is 11.9. The second kappa shape index (κ2) is 5.31. The zero-order chi connectivity index (χ0) is 14.9. The molecule has 6 heteroatoms. The summed E-state index contributed by atoms with van der Waals surface area (Å²) in [5, 5.41) is 10.8. The van der Waals surface area contributed by atoms with Gasteiger partial charge in [-0.15, -0.1) is 0 Å². The van der Waals surface area contributed by atoms with Crippen LogP contribution in [0.1, 0.15) is 6.42 Å². The van der Waals surface area contributed by atoms with Crippen molar-refractivity contribution in [2.45, 2.75) is 12.5 Å². The molecule has 1 aliphatic rings. The van der Waals surface area contributed by atoms with Crippen LogP contribution in [0.3, 0.4) is 0 Å². The zero-order valence-corrected chi connectivity index (χ0v) is 11.9. The summed E-state index contributed by atoms with van der Waals surface area (Å²) in [4.78, 5) is 19.6. The lowest BCUT2D eigenvalue weighted by Gasteiger charge is -2.19. The Balaban J connectivity index is 1.90.